The minimum atomic E-state index is -3.34. The minimum absolute atomic E-state index is 0.360. The van der Waals surface area contributed by atoms with Crippen molar-refractivity contribution in [3.8, 4) is 0 Å². The molecule has 0 spiro atoms. The fourth-order valence-corrected chi connectivity index (χ4v) is 2.51. The lowest BCUT2D eigenvalue weighted by Gasteiger charge is -2.24. The highest BCUT2D eigenvalue weighted by Gasteiger charge is 2.22. The van der Waals surface area contributed by atoms with Crippen LogP contribution in [0.25, 0.3) is 0 Å². The van der Waals surface area contributed by atoms with E-state index < -0.39 is 10.2 Å². The predicted molar refractivity (Wildman–Crippen MR) is 67.5 cm³/mol. The highest BCUT2D eigenvalue weighted by atomic mass is 32.2. The molecule has 0 aromatic carbocycles. The van der Waals surface area contributed by atoms with Gasteiger partial charge in [-0.2, -0.15) is 17.0 Å². The molecule has 0 fully saturated rings. The first kappa shape index (κ1) is 15.6. The Bertz CT molecular complexity index is 314. The van der Waals surface area contributed by atoms with E-state index in [4.69, 9.17) is 0 Å². The SMILES string of the molecule is C=C(C)CN(C)S(=O)(=O)N(C)CCCNC. The van der Waals surface area contributed by atoms with Gasteiger partial charge in [-0.05, 0) is 26.9 Å². The van der Waals surface area contributed by atoms with Crippen LogP contribution >= 0.6 is 0 Å². The molecule has 0 aliphatic carbocycles. The van der Waals surface area contributed by atoms with E-state index in [-0.39, 0.29) is 0 Å². The minimum Gasteiger partial charge on any atom is -0.320 e. The van der Waals surface area contributed by atoms with Crippen molar-refractivity contribution < 1.29 is 8.42 Å². The Morgan fingerprint density at radius 2 is 1.88 bits per heavy atom. The molecule has 0 aromatic rings. The van der Waals surface area contributed by atoms with Gasteiger partial charge in [-0.25, -0.2) is 0 Å². The molecular weight excluding hydrogens is 226 g/mol. The van der Waals surface area contributed by atoms with E-state index in [0.29, 0.717) is 13.1 Å². The summed E-state index contributed by atoms with van der Waals surface area (Å²) in [6.45, 7) is 7.21. The second kappa shape index (κ2) is 7.01. The zero-order valence-corrected chi connectivity index (χ0v) is 11.5. The Morgan fingerprint density at radius 1 is 1.31 bits per heavy atom. The van der Waals surface area contributed by atoms with E-state index in [0.717, 1.165) is 18.5 Å². The molecule has 6 heteroatoms. The van der Waals surface area contributed by atoms with Crippen LogP contribution in [0, 0.1) is 0 Å². The lowest BCUT2D eigenvalue weighted by Crippen LogP contribution is -2.41. The van der Waals surface area contributed by atoms with Crippen LogP contribution in [0.15, 0.2) is 12.2 Å². The Balaban J connectivity index is 4.35. The maximum atomic E-state index is 12.0. The molecular formula is C10H23N3O2S. The smallest absolute Gasteiger partial charge is 0.281 e. The number of likely N-dealkylation sites (N-methyl/N-ethyl adjacent to an activating group) is 1. The van der Waals surface area contributed by atoms with Gasteiger partial charge in [0.1, 0.15) is 0 Å². The van der Waals surface area contributed by atoms with Crippen LogP contribution in [0.4, 0.5) is 0 Å². The number of nitrogens with zero attached hydrogens (tertiary/aromatic N) is 2. The van der Waals surface area contributed by atoms with Gasteiger partial charge in [0, 0.05) is 27.2 Å². The van der Waals surface area contributed by atoms with Gasteiger partial charge >= 0.3 is 0 Å². The van der Waals surface area contributed by atoms with Gasteiger partial charge in [-0.15, -0.1) is 0 Å². The molecule has 0 saturated carbocycles. The molecule has 0 heterocycles. The van der Waals surface area contributed by atoms with E-state index in [2.05, 4.69) is 11.9 Å². The summed E-state index contributed by atoms with van der Waals surface area (Å²) in [7, 11) is 1.68. The van der Waals surface area contributed by atoms with Crippen LogP contribution in [0.1, 0.15) is 13.3 Å². The number of rotatable bonds is 8. The van der Waals surface area contributed by atoms with E-state index in [1.807, 2.05) is 14.0 Å². The zero-order valence-electron chi connectivity index (χ0n) is 10.7. The molecule has 0 aliphatic heterocycles. The third-order valence-corrected chi connectivity index (χ3v) is 4.07. The van der Waals surface area contributed by atoms with Gasteiger partial charge in [0.25, 0.3) is 10.2 Å². The molecule has 0 amide bonds. The monoisotopic (exact) mass is 249 g/mol. The van der Waals surface area contributed by atoms with E-state index >= 15 is 0 Å². The van der Waals surface area contributed by atoms with Gasteiger partial charge in [0.2, 0.25) is 0 Å². The first-order valence-corrected chi connectivity index (χ1v) is 6.68. The van der Waals surface area contributed by atoms with Crippen LogP contribution in [-0.2, 0) is 10.2 Å². The number of hydrogen-bond donors (Lipinski definition) is 1. The number of nitrogens with one attached hydrogen (secondary N) is 1. The summed E-state index contributed by atoms with van der Waals surface area (Å²) in [5, 5.41) is 2.99. The highest BCUT2D eigenvalue weighted by molar-refractivity contribution is 7.86. The normalized spacial score (nSPS) is 12.4. The summed E-state index contributed by atoms with van der Waals surface area (Å²) in [6, 6.07) is 0. The van der Waals surface area contributed by atoms with Crippen molar-refractivity contribution >= 4 is 10.2 Å². The summed E-state index contributed by atoms with van der Waals surface area (Å²) in [6.07, 6.45) is 0.799. The average Bonchev–Trinajstić information content (AvgIpc) is 2.16. The molecule has 0 aromatic heterocycles. The van der Waals surface area contributed by atoms with Crippen LogP contribution in [0.2, 0.25) is 0 Å². The van der Waals surface area contributed by atoms with E-state index in [1.165, 1.54) is 8.61 Å². The standard InChI is InChI=1S/C10H23N3O2S/c1-10(2)9-13(5)16(14,15)12(4)8-6-7-11-3/h11H,1,6-9H2,2-5H3. The third kappa shape index (κ3) is 5.07. The average molecular weight is 249 g/mol. The third-order valence-electron chi connectivity index (χ3n) is 2.18. The fourth-order valence-electron chi connectivity index (χ4n) is 1.29. The molecule has 0 saturated heterocycles. The Labute approximate surface area is 99.3 Å². The highest BCUT2D eigenvalue weighted by Crippen LogP contribution is 2.06. The summed E-state index contributed by atoms with van der Waals surface area (Å²) in [5.41, 5.74) is 0.828. The molecule has 0 aliphatic rings. The summed E-state index contributed by atoms with van der Waals surface area (Å²) < 4.78 is 26.6. The van der Waals surface area contributed by atoms with Gasteiger partial charge in [0.05, 0.1) is 0 Å². The molecule has 0 rings (SSSR count). The van der Waals surface area contributed by atoms with E-state index in [9.17, 15) is 8.42 Å². The van der Waals surface area contributed by atoms with Crippen molar-refractivity contribution in [2.75, 3.05) is 40.8 Å². The molecule has 0 bridgehead atoms. The van der Waals surface area contributed by atoms with Gasteiger partial charge in [-0.1, -0.05) is 12.2 Å². The van der Waals surface area contributed by atoms with Crippen molar-refractivity contribution in [1.82, 2.24) is 13.9 Å². The van der Waals surface area contributed by atoms with Crippen molar-refractivity contribution in [2.24, 2.45) is 0 Å². The van der Waals surface area contributed by atoms with Gasteiger partial charge < -0.3 is 5.32 Å². The Hall–Kier alpha value is -0.430. The summed E-state index contributed by atoms with van der Waals surface area (Å²) >= 11 is 0. The van der Waals surface area contributed by atoms with Crippen molar-refractivity contribution in [3.05, 3.63) is 12.2 Å². The van der Waals surface area contributed by atoms with E-state index in [1.54, 1.807) is 14.1 Å². The quantitative estimate of drug-likeness (QED) is 0.496. The van der Waals surface area contributed by atoms with Crippen LogP contribution < -0.4 is 5.32 Å². The van der Waals surface area contributed by atoms with Crippen molar-refractivity contribution in [3.63, 3.8) is 0 Å². The number of hydrogen-bond acceptors (Lipinski definition) is 3. The topological polar surface area (TPSA) is 52.7 Å². The first-order valence-electron chi connectivity index (χ1n) is 5.29. The van der Waals surface area contributed by atoms with Gasteiger partial charge in [0.15, 0.2) is 0 Å². The predicted octanol–water partition coefficient (Wildman–Crippen LogP) is 0.280. The van der Waals surface area contributed by atoms with Crippen molar-refractivity contribution in [2.45, 2.75) is 13.3 Å². The summed E-state index contributed by atoms with van der Waals surface area (Å²) in [4.78, 5) is 0. The second-order valence-electron chi connectivity index (χ2n) is 4.00. The summed E-state index contributed by atoms with van der Waals surface area (Å²) in [5.74, 6) is 0. The molecule has 5 nitrogen and oxygen atoms in total. The maximum Gasteiger partial charge on any atom is 0.281 e. The maximum absolute atomic E-state index is 12.0. The second-order valence-corrected chi connectivity index (χ2v) is 6.14. The molecule has 1 N–H and O–H groups in total. The molecule has 16 heavy (non-hydrogen) atoms. The lowest BCUT2D eigenvalue weighted by atomic mass is 10.4. The van der Waals surface area contributed by atoms with Crippen LogP contribution in [0.5, 0.6) is 0 Å². The first-order chi connectivity index (χ1) is 7.32. The zero-order chi connectivity index (χ0) is 12.8. The molecule has 0 unspecified atom stereocenters. The lowest BCUT2D eigenvalue weighted by molar-refractivity contribution is 0.398. The van der Waals surface area contributed by atoms with Crippen molar-refractivity contribution in [1.29, 1.82) is 0 Å². The van der Waals surface area contributed by atoms with Gasteiger partial charge in [-0.3, -0.25) is 0 Å². The Kier molecular flexibility index (Phi) is 6.82. The molecule has 96 valence electrons. The largest absolute Gasteiger partial charge is 0.320 e. The molecule has 0 atom stereocenters. The van der Waals surface area contributed by atoms with Crippen LogP contribution in [-0.4, -0.2) is 57.8 Å². The Morgan fingerprint density at radius 3 is 2.31 bits per heavy atom. The fraction of sp³-hybridized carbons (Fsp3) is 0.800. The molecule has 0 radical (unpaired) electrons. The van der Waals surface area contributed by atoms with Crippen LogP contribution in [0.3, 0.4) is 0 Å².